The van der Waals surface area contributed by atoms with E-state index < -0.39 is 6.10 Å². The van der Waals surface area contributed by atoms with Crippen LogP contribution in [0.2, 0.25) is 0 Å². The summed E-state index contributed by atoms with van der Waals surface area (Å²) in [7, 11) is 0. The Hall–Kier alpha value is -1.59. The number of hydrogen-bond donors (Lipinski definition) is 0. The molecular formula is C50H96O6. The number of ether oxygens (including phenoxy) is 3. The van der Waals surface area contributed by atoms with Crippen molar-refractivity contribution in [1.29, 1.82) is 0 Å². The van der Waals surface area contributed by atoms with Crippen LogP contribution in [-0.2, 0) is 28.6 Å². The number of unbranched alkanes of at least 4 members (excludes halogenated alkanes) is 28. The molecule has 0 saturated heterocycles. The maximum Gasteiger partial charge on any atom is 0.306 e. The van der Waals surface area contributed by atoms with Gasteiger partial charge in [-0.3, -0.25) is 14.4 Å². The van der Waals surface area contributed by atoms with Gasteiger partial charge in [0.25, 0.3) is 0 Å². The quantitative estimate of drug-likeness (QED) is 0.0347. The van der Waals surface area contributed by atoms with Gasteiger partial charge in [-0.05, 0) is 31.1 Å². The molecule has 0 heterocycles. The molecule has 6 nitrogen and oxygen atoms in total. The van der Waals surface area contributed by atoms with Gasteiger partial charge in [-0.2, -0.15) is 0 Å². The van der Waals surface area contributed by atoms with Crippen LogP contribution in [-0.4, -0.2) is 37.2 Å². The topological polar surface area (TPSA) is 78.9 Å². The van der Waals surface area contributed by atoms with Crippen molar-refractivity contribution in [1.82, 2.24) is 0 Å². The Bertz CT molecular complexity index is 856. The molecule has 0 spiro atoms. The molecule has 0 aliphatic carbocycles. The molecular weight excluding hydrogens is 697 g/mol. The van der Waals surface area contributed by atoms with Crippen molar-refractivity contribution in [3.63, 3.8) is 0 Å². The Morgan fingerprint density at radius 2 is 0.679 bits per heavy atom. The highest BCUT2D eigenvalue weighted by Crippen LogP contribution is 2.17. The summed E-state index contributed by atoms with van der Waals surface area (Å²) in [6.45, 7) is 11.3. The van der Waals surface area contributed by atoms with Crippen molar-refractivity contribution in [2.45, 2.75) is 278 Å². The van der Waals surface area contributed by atoms with E-state index in [-0.39, 0.29) is 31.1 Å². The molecule has 0 rings (SSSR count). The lowest BCUT2D eigenvalue weighted by molar-refractivity contribution is -0.167. The summed E-state index contributed by atoms with van der Waals surface area (Å²) >= 11 is 0. The Labute approximate surface area is 348 Å². The summed E-state index contributed by atoms with van der Waals surface area (Å²) in [6.07, 6.45) is 42.4. The monoisotopic (exact) mass is 793 g/mol. The highest BCUT2D eigenvalue weighted by atomic mass is 16.6. The van der Waals surface area contributed by atoms with E-state index in [9.17, 15) is 14.4 Å². The van der Waals surface area contributed by atoms with Crippen molar-refractivity contribution >= 4 is 17.9 Å². The first-order chi connectivity index (χ1) is 27.3. The predicted molar refractivity (Wildman–Crippen MR) is 238 cm³/mol. The second-order valence-electron chi connectivity index (χ2n) is 17.8. The third kappa shape index (κ3) is 42.0. The van der Waals surface area contributed by atoms with E-state index in [1.165, 1.54) is 161 Å². The maximum atomic E-state index is 12.7. The van der Waals surface area contributed by atoms with E-state index in [0.29, 0.717) is 19.3 Å². The smallest absolute Gasteiger partial charge is 0.306 e. The van der Waals surface area contributed by atoms with Crippen LogP contribution in [0, 0.1) is 11.8 Å². The number of esters is 3. The molecule has 56 heavy (non-hydrogen) atoms. The molecule has 0 bridgehead atoms. The first kappa shape index (κ1) is 54.4. The first-order valence-electron chi connectivity index (χ1n) is 24.8. The zero-order chi connectivity index (χ0) is 41.2. The minimum atomic E-state index is -0.760. The Balaban J connectivity index is 4.20. The molecule has 0 radical (unpaired) electrons. The molecule has 0 fully saturated rings. The molecule has 0 aromatic carbocycles. The van der Waals surface area contributed by atoms with Gasteiger partial charge in [-0.25, -0.2) is 0 Å². The normalized spacial score (nSPS) is 12.5. The van der Waals surface area contributed by atoms with Crippen molar-refractivity contribution in [3.8, 4) is 0 Å². The maximum absolute atomic E-state index is 12.7. The minimum absolute atomic E-state index is 0.0650. The van der Waals surface area contributed by atoms with Gasteiger partial charge in [0.2, 0.25) is 0 Å². The van der Waals surface area contributed by atoms with Crippen LogP contribution in [0.4, 0.5) is 0 Å². The Morgan fingerprint density at radius 3 is 1.02 bits per heavy atom. The minimum Gasteiger partial charge on any atom is -0.462 e. The van der Waals surface area contributed by atoms with Crippen LogP contribution < -0.4 is 0 Å². The third-order valence-electron chi connectivity index (χ3n) is 11.6. The summed E-state index contributed by atoms with van der Waals surface area (Å²) in [5.41, 5.74) is 0. The molecule has 1 unspecified atom stereocenters. The van der Waals surface area contributed by atoms with E-state index in [1.54, 1.807) is 0 Å². The van der Waals surface area contributed by atoms with Gasteiger partial charge in [0.15, 0.2) is 6.10 Å². The summed E-state index contributed by atoms with van der Waals surface area (Å²) in [4.78, 5) is 37.7. The number of carbonyl (C=O) groups excluding carboxylic acids is 3. The highest BCUT2D eigenvalue weighted by molar-refractivity contribution is 5.71. The Kier molecular flexibility index (Phi) is 41.8. The van der Waals surface area contributed by atoms with E-state index in [0.717, 1.165) is 69.6 Å². The number of hydrogen-bond acceptors (Lipinski definition) is 6. The molecule has 0 aromatic heterocycles. The zero-order valence-corrected chi connectivity index (χ0v) is 38.3. The highest BCUT2D eigenvalue weighted by Gasteiger charge is 2.19. The predicted octanol–water partition coefficient (Wildman–Crippen LogP) is 15.8. The summed E-state index contributed by atoms with van der Waals surface area (Å²) in [5, 5.41) is 0. The van der Waals surface area contributed by atoms with Gasteiger partial charge in [0.1, 0.15) is 13.2 Å². The van der Waals surface area contributed by atoms with Gasteiger partial charge in [0, 0.05) is 19.3 Å². The largest absolute Gasteiger partial charge is 0.462 e. The van der Waals surface area contributed by atoms with E-state index >= 15 is 0 Å². The molecule has 0 amide bonds. The Morgan fingerprint density at radius 1 is 0.375 bits per heavy atom. The molecule has 0 saturated carbocycles. The van der Waals surface area contributed by atoms with Crippen molar-refractivity contribution in [2.75, 3.05) is 13.2 Å². The standard InChI is InChI=1S/C50H96O6/c1-6-8-9-10-23-30-35-40-48(51)54-43-47(44-55-49(52)41-36-31-26-22-21-25-29-34-39-46(5)7-2)56-50(53)42-37-32-27-20-18-16-14-12-11-13-15-17-19-24-28-33-38-45(3)4/h45-47H,6-44H2,1-5H3/t46?,47-/m0/s1. The SMILES string of the molecule is CCCCCCCCCC(=O)OC[C@@H](COC(=O)CCCCCCCCCCC(C)CC)OC(=O)CCCCCCCCCCCCCCCCCCC(C)C. The average molecular weight is 793 g/mol. The fraction of sp³-hybridized carbons (Fsp3) is 0.940. The van der Waals surface area contributed by atoms with Gasteiger partial charge in [-0.1, -0.05) is 234 Å². The van der Waals surface area contributed by atoms with Gasteiger partial charge in [-0.15, -0.1) is 0 Å². The van der Waals surface area contributed by atoms with Crippen LogP contribution in [0.5, 0.6) is 0 Å². The van der Waals surface area contributed by atoms with Crippen molar-refractivity contribution in [3.05, 3.63) is 0 Å². The van der Waals surface area contributed by atoms with Crippen LogP contribution >= 0.6 is 0 Å². The molecule has 6 heteroatoms. The summed E-state index contributed by atoms with van der Waals surface area (Å²) in [6, 6.07) is 0. The molecule has 0 aliphatic rings. The third-order valence-corrected chi connectivity index (χ3v) is 11.6. The van der Waals surface area contributed by atoms with Crippen LogP contribution in [0.1, 0.15) is 272 Å². The molecule has 0 aromatic rings. The summed E-state index contributed by atoms with van der Waals surface area (Å²) < 4.78 is 16.7. The van der Waals surface area contributed by atoms with Gasteiger partial charge >= 0.3 is 17.9 Å². The van der Waals surface area contributed by atoms with Crippen molar-refractivity contribution < 1.29 is 28.6 Å². The second-order valence-corrected chi connectivity index (χ2v) is 17.8. The fourth-order valence-corrected chi connectivity index (χ4v) is 7.43. The lowest BCUT2D eigenvalue weighted by Gasteiger charge is -2.18. The van der Waals surface area contributed by atoms with Crippen LogP contribution in [0.3, 0.4) is 0 Å². The summed E-state index contributed by atoms with van der Waals surface area (Å²) in [5.74, 6) is 0.841. The van der Waals surface area contributed by atoms with Crippen molar-refractivity contribution in [2.24, 2.45) is 11.8 Å². The lowest BCUT2D eigenvalue weighted by atomic mass is 9.99. The second kappa shape index (κ2) is 43.0. The van der Waals surface area contributed by atoms with E-state index in [2.05, 4.69) is 34.6 Å². The molecule has 2 atom stereocenters. The first-order valence-corrected chi connectivity index (χ1v) is 24.8. The average Bonchev–Trinajstić information content (AvgIpc) is 3.18. The molecule has 0 aliphatic heterocycles. The van der Waals surface area contributed by atoms with Gasteiger partial charge in [0.05, 0.1) is 0 Å². The fourth-order valence-electron chi connectivity index (χ4n) is 7.43. The number of rotatable bonds is 44. The number of carbonyl (C=O) groups is 3. The van der Waals surface area contributed by atoms with E-state index in [4.69, 9.17) is 14.2 Å². The van der Waals surface area contributed by atoms with Crippen LogP contribution in [0.15, 0.2) is 0 Å². The van der Waals surface area contributed by atoms with E-state index in [1.807, 2.05) is 0 Å². The molecule has 0 N–H and O–H groups in total. The van der Waals surface area contributed by atoms with Crippen LogP contribution in [0.25, 0.3) is 0 Å². The lowest BCUT2D eigenvalue weighted by Crippen LogP contribution is -2.30. The van der Waals surface area contributed by atoms with Gasteiger partial charge < -0.3 is 14.2 Å². The molecule has 332 valence electrons. The zero-order valence-electron chi connectivity index (χ0n) is 38.3.